The zero-order chi connectivity index (χ0) is 32.9. The van der Waals surface area contributed by atoms with Crippen molar-refractivity contribution in [2.75, 3.05) is 65.9 Å². The maximum Gasteiger partial charge on any atom is 0.335 e. The monoisotopic (exact) mass is 640 g/mol. The van der Waals surface area contributed by atoms with Gasteiger partial charge in [0.25, 0.3) is 23.6 Å². The Labute approximate surface area is 257 Å². The highest BCUT2D eigenvalue weighted by Gasteiger charge is 2.35. The lowest BCUT2D eigenvalue weighted by Gasteiger charge is -2.33. The number of amides is 4. The number of carbonyl (C=O) groups is 6. The molecule has 4 amide bonds. The highest BCUT2D eigenvalue weighted by atomic mass is 16.7. The molecule has 0 spiro atoms. The van der Waals surface area contributed by atoms with E-state index in [4.69, 9.17) is 39.7 Å². The predicted octanol–water partition coefficient (Wildman–Crippen LogP) is 1.43. The van der Waals surface area contributed by atoms with Crippen molar-refractivity contribution < 1.29 is 57.4 Å². The van der Waals surface area contributed by atoms with Gasteiger partial charge >= 0.3 is 11.9 Å². The van der Waals surface area contributed by atoms with Gasteiger partial charge in [-0.05, 0) is 23.9 Å². The van der Waals surface area contributed by atoms with Crippen molar-refractivity contribution in [3.05, 3.63) is 20.9 Å². The van der Waals surface area contributed by atoms with Crippen molar-refractivity contribution in [3.63, 3.8) is 0 Å². The Morgan fingerprint density at radius 1 is 0.622 bits per heavy atom. The molecule has 0 N–H and O–H groups in total. The van der Waals surface area contributed by atoms with Gasteiger partial charge in [-0.15, -0.1) is 10.1 Å². The van der Waals surface area contributed by atoms with Crippen LogP contribution in [0.15, 0.2) is 10.2 Å². The minimum atomic E-state index is -0.993. The average Bonchev–Trinajstić information content (AvgIpc) is 3.51. The first-order chi connectivity index (χ1) is 21.7. The summed E-state index contributed by atoms with van der Waals surface area (Å²) in [6, 6.07) is 0. The van der Waals surface area contributed by atoms with Crippen LogP contribution in [0.5, 0.6) is 0 Å². The zero-order valence-electron chi connectivity index (χ0n) is 24.7. The standard InChI is InChI=1S/C25H36N8O12/c26-30-28-9-1-11-40-15-25(16-41-12-2-10-29-31-27,17-42-13-7-23(38)44-32-19(34)3-4-20(32)35)18-43-14-8-24(39)45-33-21(36)5-6-22(33)37/h1-18H2. The highest BCUT2D eigenvalue weighted by molar-refractivity contribution is 6.02. The van der Waals surface area contributed by atoms with Gasteiger partial charge in [0, 0.05) is 61.8 Å². The van der Waals surface area contributed by atoms with E-state index in [1.165, 1.54) is 0 Å². The van der Waals surface area contributed by atoms with Gasteiger partial charge in [-0.2, -0.15) is 0 Å². The minimum Gasteiger partial charge on any atom is -0.381 e. The molecule has 2 aliphatic rings. The summed E-state index contributed by atoms with van der Waals surface area (Å²) in [6.07, 6.45) is 0.128. The van der Waals surface area contributed by atoms with Crippen molar-refractivity contribution in [1.82, 2.24) is 10.1 Å². The molecule has 0 aromatic heterocycles. The Morgan fingerprint density at radius 2 is 0.956 bits per heavy atom. The molecular formula is C25H36N8O12. The molecule has 0 aromatic carbocycles. The Bertz CT molecular complexity index is 1030. The molecule has 20 nitrogen and oxygen atoms in total. The number of hydrogen-bond acceptors (Lipinski definition) is 14. The van der Waals surface area contributed by atoms with Crippen molar-refractivity contribution in [1.29, 1.82) is 0 Å². The molecule has 2 rings (SSSR count). The van der Waals surface area contributed by atoms with Crippen LogP contribution >= 0.6 is 0 Å². The largest absolute Gasteiger partial charge is 0.381 e. The van der Waals surface area contributed by atoms with Gasteiger partial charge in [0.15, 0.2) is 0 Å². The fraction of sp³-hybridized carbons (Fsp3) is 0.760. The first-order valence-corrected chi connectivity index (χ1v) is 14.2. The molecule has 0 bridgehead atoms. The minimum absolute atomic E-state index is 0.0159. The first-order valence-electron chi connectivity index (χ1n) is 14.2. The molecule has 0 aromatic rings. The molecule has 0 aliphatic carbocycles. The topological polar surface area (TPSA) is 262 Å². The SMILES string of the molecule is [N-]=[N+]=NCCCOCC(COCCCN=[N+]=[N-])(COCCC(=O)ON1C(=O)CCC1=O)COCCC(=O)ON1C(=O)CCC1=O. The van der Waals surface area contributed by atoms with Crippen LogP contribution in [-0.2, 0) is 57.4 Å². The number of ether oxygens (including phenoxy) is 4. The molecule has 0 unspecified atom stereocenters. The molecule has 45 heavy (non-hydrogen) atoms. The number of rotatable bonds is 24. The van der Waals surface area contributed by atoms with E-state index in [0.717, 1.165) is 0 Å². The number of hydrogen-bond donors (Lipinski definition) is 0. The lowest BCUT2D eigenvalue weighted by molar-refractivity contribution is -0.198. The molecule has 2 fully saturated rings. The zero-order valence-corrected chi connectivity index (χ0v) is 24.7. The predicted molar refractivity (Wildman–Crippen MR) is 147 cm³/mol. The smallest absolute Gasteiger partial charge is 0.335 e. The quantitative estimate of drug-likeness (QED) is 0.0477. The van der Waals surface area contributed by atoms with Crippen LogP contribution in [0, 0.1) is 5.41 Å². The van der Waals surface area contributed by atoms with Gasteiger partial charge < -0.3 is 28.6 Å². The lowest BCUT2D eigenvalue weighted by Crippen LogP contribution is -2.42. The number of azide groups is 2. The van der Waals surface area contributed by atoms with E-state index in [9.17, 15) is 28.8 Å². The summed E-state index contributed by atoms with van der Waals surface area (Å²) in [5.74, 6) is -4.13. The maximum absolute atomic E-state index is 12.2. The normalized spacial score (nSPS) is 14.8. The summed E-state index contributed by atoms with van der Waals surface area (Å²) in [5.41, 5.74) is 15.9. The van der Waals surface area contributed by atoms with Crippen LogP contribution in [-0.4, -0.2) is 112 Å². The van der Waals surface area contributed by atoms with Gasteiger partial charge in [0.2, 0.25) is 0 Å². The van der Waals surface area contributed by atoms with E-state index in [-0.39, 0.29) is 104 Å². The Kier molecular flexibility index (Phi) is 16.9. The first kappa shape index (κ1) is 36.9. The third-order valence-electron chi connectivity index (χ3n) is 6.15. The maximum atomic E-state index is 12.2. The molecule has 2 aliphatic heterocycles. The van der Waals surface area contributed by atoms with Gasteiger partial charge in [0.1, 0.15) is 0 Å². The third-order valence-corrected chi connectivity index (χ3v) is 6.15. The van der Waals surface area contributed by atoms with Gasteiger partial charge in [-0.25, -0.2) is 9.59 Å². The summed E-state index contributed by atoms with van der Waals surface area (Å²) in [5, 5.41) is 7.78. The average molecular weight is 641 g/mol. The van der Waals surface area contributed by atoms with Crippen LogP contribution < -0.4 is 0 Å². The Hall–Kier alpha value is -4.32. The molecule has 2 heterocycles. The molecule has 2 saturated heterocycles. The van der Waals surface area contributed by atoms with Crippen molar-refractivity contribution >= 4 is 35.6 Å². The second-order valence-electron chi connectivity index (χ2n) is 9.92. The van der Waals surface area contributed by atoms with Crippen LogP contribution in [0.3, 0.4) is 0 Å². The summed E-state index contributed by atoms with van der Waals surface area (Å²) in [7, 11) is 0. The van der Waals surface area contributed by atoms with E-state index in [2.05, 4.69) is 20.1 Å². The number of imide groups is 2. The molecule has 0 atom stereocenters. The highest BCUT2D eigenvalue weighted by Crippen LogP contribution is 2.22. The number of hydroxylamine groups is 4. The molecule has 20 heteroatoms. The van der Waals surface area contributed by atoms with Crippen molar-refractivity contribution in [3.8, 4) is 0 Å². The van der Waals surface area contributed by atoms with Gasteiger partial charge in [-0.3, -0.25) is 19.2 Å². The fourth-order valence-corrected chi connectivity index (χ4v) is 3.89. The second kappa shape index (κ2) is 20.6. The van der Waals surface area contributed by atoms with Crippen LogP contribution in [0.25, 0.3) is 20.9 Å². The van der Waals surface area contributed by atoms with E-state index >= 15 is 0 Å². The molecule has 248 valence electrons. The summed E-state index contributed by atoms with van der Waals surface area (Å²) in [4.78, 5) is 86.1. The Morgan fingerprint density at radius 3 is 1.29 bits per heavy atom. The van der Waals surface area contributed by atoms with Crippen molar-refractivity contribution in [2.45, 2.75) is 51.4 Å². The van der Waals surface area contributed by atoms with Crippen molar-refractivity contribution in [2.24, 2.45) is 15.6 Å². The molecular weight excluding hydrogens is 604 g/mol. The van der Waals surface area contributed by atoms with E-state index < -0.39 is 41.0 Å². The number of carbonyl (C=O) groups excluding carboxylic acids is 6. The fourth-order valence-electron chi connectivity index (χ4n) is 3.89. The Balaban J connectivity index is 1.97. The van der Waals surface area contributed by atoms with Crippen LogP contribution in [0.1, 0.15) is 51.4 Å². The third kappa shape index (κ3) is 13.9. The van der Waals surface area contributed by atoms with Crippen LogP contribution in [0.4, 0.5) is 0 Å². The summed E-state index contributed by atoms with van der Waals surface area (Å²) in [6.45, 7) is 0.416. The summed E-state index contributed by atoms with van der Waals surface area (Å²) >= 11 is 0. The molecule has 0 radical (unpaired) electrons. The van der Waals surface area contributed by atoms with E-state index in [0.29, 0.717) is 23.0 Å². The van der Waals surface area contributed by atoms with Gasteiger partial charge in [0.05, 0.1) is 57.9 Å². The van der Waals surface area contributed by atoms with E-state index in [1.807, 2.05) is 0 Å². The molecule has 0 saturated carbocycles. The lowest BCUT2D eigenvalue weighted by atomic mass is 9.92. The van der Waals surface area contributed by atoms with Crippen LogP contribution in [0.2, 0.25) is 0 Å². The second-order valence-corrected chi connectivity index (χ2v) is 9.92. The van der Waals surface area contributed by atoms with E-state index in [1.54, 1.807) is 0 Å². The van der Waals surface area contributed by atoms with Gasteiger partial charge in [-0.1, -0.05) is 10.2 Å². The number of nitrogens with zero attached hydrogens (tertiary/aromatic N) is 8. The summed E-state index contributed by atoms with van der Waals surface area (Å²) < 4.78 is 23.0.